The monoisotopic (exact) mass is 301 g/mol. The van der Waals surface area contributed by atoms with Gasteiger partial charge in [0.25, 0.3) is 0 Å². The van der Waals surface area contributed by atoms with E-state index in [0.717, 1.165) is 41.5 Å². The number of anilines is 1. The average Bonchev–Trinajstić information content (AvgIpc) is 2.60. The largest absolute Gasteiger partial charge is 0.493 e. The van der Waals surface area contributed by atoms with Gasteiger partial charge < -0.3 is 14.4 Å². The molecule has 0 radical (unpaired) electrons. The predicted octanol–water partition coefficient (Wildman–Crippen LogP) is 3.27. The third-order valence-corrected chi connectivity index (χ3v) is 4.61. The van der Waals surface area contributed by atoms with Gasteiger partial charge in [-0.15, -0.1) is 0 Å². The van der Waals surface area contributed by atoms with E-state index in [2.05, 4.69) is 21.8 Å². The summed E-state index contributed by atoms with van der Waals surface area (Å²) >= 11 is 0. The third kappa shape index (κ3) is 2.67. The number of fused-ring (bicyclic) bond motifs is 1. The SMILES string of the molecule is CCC1CCN(c2ncnc3cc(OC)c(OC)cc23)CC1. The lowest BCUT2D eigenvalue weighted by Gasteiger charge is -2.32. The summed E-state index contributed by atoms with van der Waals surface area (Å²) in [5.41, 5.74) is 0.889. The van der Waals surface area contributed by atoms with Crippen molar-refractivity contribution < 1.29 is 9.47 Å². The molecule has 1 saturated heterocycles. The van der Waals surface area contributed by atoms with Crippen molar-refractivity contribution in [3.63, 3.8) is 0 Å². The van der Waals surface area contributed by atoms with E-state index in [4.69, 9.17) is 9.47 Å². The van der Waals surface area contributed by atoms with Gasteiger partial charge in [0.2, 0.25) is 0 Å². The molecule has 1 aromatic heterocycles. The summed E-state index contributed by atoms with van der Waals surface area (Å²) in [7, 11) is 3.29. The normalized spacial score (nSPS) is 16.0. The molecule has 5 nitrogen and oxygen atoms in total. The second-order valence-electron chi connectivity index (χ2n) is 5.76. The lowest BCUT2D eigenvalue weighted by molar-refractivity contribution is 0.355. The van der Waals surface area contributed by atoms with Crippen LogP contribution in [0.15, 0.2) is 18.5 Å². The second-order valence-corrected chi connectivity index (χ2v) is 5.76. The number of piperidine rings is 1. The first kappa shape index (κ1) is 14.9. The maximum atomic E-state index is 5.42. The number of hydrogen-bond acceptors (Lipinski definition) is 5. The molecule has 0 N–H and O–H groups in total. The summed E-state index contributed by atoms with van der Waals surface area (Å²) in [6, 6.07) is 3.90. The van der Waals surface area contributed by atoms with Crippen LogP contribution in [0, 0.1) is 5.92 Å². The van der Waals surface area contributed by atoms with Gasteiger partial charge in [0.1, 0.15) is 12.1 Å². The fourth-order valence-electron chi connectivity index (χ4n) is 3.17. The smallest absolute Gasteiger partial charge is 0.162 e. The maximum Gasteiger partial charge on any atom is 0.162 e. The molecule has 1 aliphatic heterocycles. The predicted molar refractivity (Wildman–Crippen MR) is 87.9 cm³/mol. The number of ether oxygens (including phenoxy) is 2. The van der Waals surface area contributed by atoms with Crippen LogP contribution in [0.5, 0.6) is 11.5 Å². The highest BCUT2D eigenvalue weighted by atomic mass is 16.5. The molecule has 2 aromatic rings. The minimum Gasteiger partial charge on any atom is -0.493 e. The van der Waals surface area contributed by atoms with Gasteiger partial charge in [0.05, 0.1) is 19.7 Å². The van der Waals surface area contributed by atoms with E-state index in [0.29, 0.717) is 5.75 Å². The van der Waals surface area contributed by atoms with Crippen molar-refractivity contribution in [1.82, 2.24) is 9.97 Å². The van der Waals surface area contributed by atoms with Gasteiger partial charge in [-0.1, -0.05) is 13.3 Å². The highest BCUT2D eigenvalue weighted by Crippen LogP contribution is 2.35. The van der Waals surface area contributed by atoms with Crippen LogP contribution in [0.3, 0.4) is 0 Å². The quantitative estimate of drug-likeness (QED) is 0.867. The fraction of sp³-hybridized carbons (Fsp3) is 0.529. The molecule has 0 unspecified atom stereocenters. The van der Waals surface area contributed by atoms with E-state index in [1.807, 2.05) is 12.1 Å². The van der Waals surface area contributed by atoms with Crippen LogP contribution in [0.2, 0.25) is 0 Å². The summed E-state index contributed by atoms with van der Waals surface area (Å²) in [6.45, 7) is 4.38. The molecule has 1 aromatic carbocycles. The van der Waals surface area contributed by atoms with Gasteiger partial charge in [0.15, 0.2) is 11.5 Å². The molecule has 0 atom stereocenters. The van der Waals surface area contributed by atoms with E-state index in [1.54, 1.807) is 20.5 Å². The molecule has 0 aliphatic carbocycles. The minimum absolute atomic E-state index is 0.698. The summed E-state index contributed by atoms with van der Waals surface area (Å²) in [4.78, 5) is 11.3. The van der Waals surface area contributed by atoms with Crippen LogP contribution in [0.4, 0.5) is 5.82 Å². The van der Waals surface area contributed by atoms with Crippen LogP contribution < -0.4 is 14.4 Å². The van der Waals surface area contributed by atoms with Crippen LogP contribution in [0.1, 0.15) is 26.2 Å². The first-order chi connectivity index (χ1) is 10.8. The van der Waals surface area contributed by atoms with E-state index in [9.17, 15) is 0 Å². The van der Waals surface area contributed by atoms with Crippen LogP contribution >= 0.6 is 0 Å². The number of benzene rings is 1. The Morgan fingerprint density at radius 1 is 1.09 bits per heavy atom. The van der Waals surface area contributed by atoms with Gasteiger partial charge in [-0.2, -0.15) is 0 Å². The topological polar surface area (TPSA) is 47.5 Å². The first-order valence-electron chi connectivity index (χ1n) is 7.88. The van der Waals surface area contributed by atoms with Crippen LogP contribution in [0.25, 0.3) is 10.9 Å². The lowest BCUT2D eigenvalue weighted by Crippen LogP contribution is -2.34. The van der Waals surface area contributed by atoms with Crippen molar-refractivity contribution in [3.05, 3.63) is 18.5 Å². The second kappa shape index (κ2) is 6.38. The summed E-state index contributed by atoms with van der Waals surface area (Å²) in [5, 5.41) is 1.02. The van der Waals surface area contributed by atoms with Crippen molar-refractivity contribution in [2.24, 2.45) is 5.92 Å². The maximum absolute atomic E-state index is 5.42. The zero-order chi connectivity index (χ0) is 15.5. The molecule has 0 saturated carbocycles. The molecule has 5 heteroatoms. The highest BCUT2D eigenvalue weighted by Gasteiger charge is 2.21. The highest BCUT2D eigenvalue weighted by molar-refractivity contribution is 5.92. The summed E-state index contributed by atoms with van der Waals surface area (Å²) in [5.74, 6) is 3.26. The number of nitrogens with zero attached hydrogens (tertiary/aromatic N) is 3. The molecule has 0 bridgehead atoms. The number of hydrogen-bond donors (Lipinski definition) is 0. The summed E-state index contributed by atoms with van der Waals surface area (Å²) < 4.78 is 10.8. The van der Waals surface area contributed by atoms with Crippen LogP contribution in [-0.2, 0) is 0 Å². The van der Waals surface area contributed by atoms with E-state index in [1.165, 1.54) is 19.3 Å². The van der Waals surface area contributed by atoms with Crippen molar-refractivity contribution in [2.45, 2.75) is 26.2 Å². The third-order valence-electron chi connectivity index (χ3n) is 4.61. The Morgan fingerprint density at radius 3 is 2.41 bits per heavy atom. The van der Waals surface area contributed by atoms with Crippen molar-refractivity contribution in [2.75, 3.05) is 32.2 Å². The molecule has 1 fully saturated rings. The number of aromatic nitrogens is 2. The Labute approximate surface area is 131 Å². The van der Waals surface area contributed by atoms with Crippen molar-refractivity contribution in [1.29, 1.82) is 0 Å². The molecular weight excluding hydrogens is 278 g/mol. The van der Waals surface area contributed by atoms with Crippen molar-refractivity contribution >= 4 is 16.7 Å². The average molecular weight is 301 g/mol. The Hall–Kier alpha value is -2.04. The van der Waals surface area contributed by atoms with E-state index >= 15 is 0 Å². The van der Waals surface area contributed by atoms with Crippen molar-refractivity contribution in [3.8, 4) is 11.5 Å². The van der Waals surface area contributed by atoms with Crippen LogP contribution in [-0.4, -0.2) is 37.3 Å². The lowest BCUT2D eigenvalue weighted by atomic mass is 9.94. The number of methoxy groups -OCH3 is 2. The molecule has 2 heterocycles. The molecule has 0 amide bonds. The van der Waals surface area contributed by atoms with Gasteiger partial charge in [-0.05, 0) is 24.8 Å². The molecule has 3 rings (SSSR count). The number of rotatable bonds is 4. The van der Waals surface area contributed by atoms with E-state index < -0.39 is 0 Å². The molecule has 1 aliphatic rings. The zero-order valence-electron chi connectivity index (χ0n) is 13.5. The Kier molecular flexibility index (Phi) is 4.32. The molecule has 0 spiro atoms. The zero-order valence-corrected chi connectivity index (χ0v) is 13.5. The Bertz CT molecular complexity index is 652. The molecular formula is C17H23N3O2. The standard InChI is InChI=1S/C17H23N3O2/c1-4-12-5-7-20(8-6-12)17-13-9-15(21-2)16(22-3)10-14(13)18-11-19-17/h9-12H,4-8H2,1-3H3. The summed E-state index contributed by atoms with van der Waals surface area (Å²) in [6.07, 6.45) is 5.36. The van der Waals surface area contributed by atoms with E-state index in [-0.39, 0.29) is 0 Å². The fourth-order valence-corrected chi connectivity index (χ4v) is 3.17. The Balaban J connectivity index is 1.99. The van der Waals surface area contributed by atoms with Gasteiger partial charge in [-0.3, -0.25) is 0 Å². The van der Waals surface area contributed by atoms with Gasteiger partial charge >= 0.3 is 0 Å². The van der Waals surface area contributed by atoms with Gasteiger partial charge in [-0.25, -0.2) is 9.97 Å². The first-order valence-corrected chi connectivity index (χ1v) is 7.88. The minimum atomic E-state index is 0.698. The molecule has 22 heavy (non-hydrogen) atoms. The Morgan fingerprint density at radius 2 is 1.77 bits per heavy atom. The van der Waals surface area contributed by atoms with Gasteiger partial charge in [0, 0.05) is 24.5 Å². The molecule has 118 valence electrons.